The van der Waals surface area contributed by atoms with Crippen LogP contribution in [-0.4, -0.2) is 58.0 Å². The van der Waals surface area contributed by atoms with E-state index in [4.69, 9.17) is 0 Å². The monoisotopic (exact) mass is 282 g/mol. The molecule has 0 spiro atoms. The molecule has 1 N–H and O–H groups in total. The van der Waals surface area contributed by atoms with E-state index in [9.17, 15) is 14.7 Å². The average Bonchev–Trinajstić information content (AvgIpc) is 2.92. The van der Waals surface area contributed by atoms with Gasteiger partial charge < -0.3 is 14.9 Å². The topological polar surface area (TPSA) is 60.9 Å². The van der Waals surface area contributed by atoms with Crippen LogP contribution in [-0.2, 0) is 9.59 Å². The molecular weight excluding hydrogens is 256 g/mol. The molecule has 0 bridgehead atoms. The van der Waals surface area contributed by atoms with Gasteiger partial charge in [-0.05, 0) is 26.2 Å². The minimum Gasteiger partial charge on any atom is -0.388 e. The third kappa shape index (κ3) is 2.97. The molecule has 114 valence electrons. The summed E-state index contributed by atoms with van der Waals surface area (Å²) in [5, 5.41) is 9.99. The Balaban J connectivity index is 2.08. The Hall–Kier alpha value is -1.10. The van der Waals surface area contributed by atoms with Crippen molar-refractivity contribution >= 4 is 11.8 Å². The number of nitrogens with zero attached hydrogens (tertiary/aromatic N) is 2. The van der Waals surface area contributed by atoms with Crippen molar-refractivity contribution < 1.29 is 14.7 Å². The first-order valence-electron chi connectivity index (χ1n) is 7.44. The summed E-state index contributed by atoms with van der Waals surface area (Å²) in [6, 6.07) is -0.337. The smallest absolute Gasteiger partial charge is 0.245 e. The lowest BCUT2D eigenvalue weighted by atomic mass is 9.94. The molecule has 2 heterocycles. The van der Waals surface area contributed by atoms with E-state index in [-0.39, 0.29) is 17.9 Å². The molecule has 0 aliphatic carbocycles. The summed E-state index contributed by atoms with van der Waals surface area (Å²) in [7, 11) is 0. The maximum atomic E-state index is 12.6. The summed E-state index contributed by atoms with van der Waals surface area (Å²) in [5.74, 6) is 0.0391. The average molecular weight is 282 g/mol. The molecule has 2 fully saturated rings. The van der Waals surface area contributed by atoms with Crippen LogP contribution in [0.1, 0.15) is 47.0 Å². The SMILES string of the molecule is CC1(O)CCN(C(=O)C2CCCN2C(=O)C(C)(C)C)C1. The maximum absolute atomic E-state index is 12.6. The van der Waals surface area contributed by atoms with Gasteiger partial charge in [0.05, 0.1) is 5.60 Å². The van der Waals surface area contributed by atoms with Gasteiger partial charge in [0.15, 0.2) is 0 Å². The van der Waals surface area contributed by atoms with Crippen LogP contribution in [0.15, 0.2) is 0 Å². The first-order valence-corrected chi connectivity index (χ1v) is 7.44. The molecule has 5 nitrogen and oxygen atoms in total. The van der Waals surface area contributed by atoms with Gasteiger partial charge in [-0.2, -0.15) is 0 Å². The van der Waals surface area contributed by atoms with Crippen molar-refractivity contribution in [3.63, 3.8) is 0 Å². The van der Waals surface area contributed by atoms with Crippen LogP contribution < -0.4 is 0 Å². The summed E-state index contributed by atoms with van der Waals surface area (Å²) in [4.78, 5) is 28.5. The van der Waals surface area contributed by atoms with Crippen molar-refractivity contribution in [3.8, 4) is 0 Å². The lowest BCUT2D eigenvalue weighted by molar-refractivity contribution is -0.148. The van der Waals surface area contributed by atoms with Gasteiger partial charge in [0.1, 0.15) is 6.04 Å². The summed E-state index contributed by atoms with van der Waals surface area (Å²) in [6.45, 7) is 9.03. The number of likely N-dealkylation sites (tertiary alicyclic amines) is 2. The second kappa shape index (κ2) is 5.02. The molecular formula is C15H26N2O3. The number of hydrogen-bond acceptors (Lipinski definition) is 3. The zero-order chi connectivity index (χ0) is 15.1. The third-order valence-electron chi connectivity index (χ3n) is 4.20. The molecule has 0 aromatic heterocycles. The van der Waals surface area contributed by atoms with Crippen LogP contribution in [0, 0.1) is 5.41 Å². The highest BCUT2D eigenvalue weighted by atomic mass is 16.3. The summed E-state index contributed by atoms with van der Waals surface area (Å²) < 4.78 is 0. The lowest BCUT2D eigenvalue weighted by Gasteiger charge is -2.32. The van der Waals surface area contributed by atoms with Crippen molar-refractivity contribution in [3.05, 3.63) is 0 Å². The van der Waals surface area contributed by atoms with Gasteiger partial charge in [-0.15, -0.1) is 0 Å². The number of amides is 2. The largest absolute Gasteiger partial charge is 0.388 e. The standard InChI is InChI=1S/C15H26N2O3/c1-14(2,3)13(19)17-8-5-6-11(17)12(18)16-9-7-15(4,20)10-16/h11,20H,5-10H2,1-4H3. The van der Waals surface area contributed by atoms with Crippen LogP contribution in [0.5, 0.6) is 0 Å². The summed E-state index contributed by atoms with van der Waals surface area (Å²) >= 11 is 0. The fourth-order valence-electron chi connectivity index (χ4n) is 3.04. The van der Waals surface area contributed by atoms with Gasteiger partial charge in [-0.1, -0.05) is 20.8 Å². The van der Waals surface area contributed by atoms with E-state index in [0.717, 1.165) is 12.8 Å². The molecule has 20 heavy (non-hydrogen) atoms. The number of carbonyl (C=O) groups is 2. The van der Waals surface area contributed by atoms with Crippen LogP contribution in [0.2, 0.25) is 0 Å². The molecule has 5 heteroatoms. The van der Waals surface area contributed by atoms with E-state index in [1.54, 1.807) is 16.7 Å². The molecule has 2 atom stereocenters. The number of carbonyl (C=O) groups excluding carboxylic acids is 2. The predicted molar refractivity (Wildman–Crippen MR) is 76.0 cm³/mol. The van der Waals surface area contributed by atoms with Gasteiger partial charge in [0, 0.05) is 25.0 Å². The molecule has 2 rings (SSSR count). The van der Waals surface area contributed by atoms with Gasteiger partial charge in [0.25, 0.3) is 0 Å². The van der Waals surface area contributed by atoms with Gasteiger partial charge >= 0.3 is 0 Å². The summed E-state index contributed by atoms with van der Waals surface area (Å²) in [5.41, 5.74) is -1.24. The number of hydrogen-bond donors (Lipinski definition) is 1. The van der Waals surface area contributed by atoms with Gasteiger partial charge in [0.2, 0.25) is 11.8 Å². The Labute approximate surface area is 120 Å². The quantitative estimate of drug-likeness (QED) is 0.780. The zero-order valence-corrected chi connectivity index (χ0v) is 13.0. The van der Waals surface area contributed by atoms with E-state index >= 15 is 0 Å². The first kappa shape index (κ1) is 15.3. The van der Waals surface area contributed by atoms with Crippen molar-refractivity contribution in [2.75, 3.05) is 19.6 Å². The van der Waals surface area contributed by atoms with Crippen LogP contribution in [0.4, 0.5) is 0 Å². The molecule has 0 saturated carbocycles. The minimum atomic E-state index is -0.785. The van der Waals surface area contributed by atoms with Crippen molar-refractivity contribution in [1.82, 2.24) is 9.80 Å². The third-order valence-corrected chi connectivity index (χ3v) is 4.20. The Morgan fingerprint density at radius 3 is 2.40 bits per heavy atom. The molecule has 2 unspecified atom stereocenters. The fraction of sp³-hybridized carbons (Fsp3) is 0.867. The predicted octanol–water partition coefficient (Wildman–Crippen LogP) is 1.01. The van der Waals surface area contributed by atoms with E-state index in [1.807, 2.05) is 20.8 Å². The van der Waals surface area contributed by atoms with Crippen LogP contribution >= 0.6 is 0 Å². The minimum absolute atomic E-state index is 0.00197. The van der Waals surface area contributed by atoms with E-state index < -0.39 is 11.0 Å². The maximum Gasteiger partial charge on any atom is 0.245 e. The van der Waals surface area contributed by atoms with Crippen molar-refractivity contribution in [2.45, 2.75) is 58.6 Å². The van der Waals surface area contributed by atoms with E-state index in [2.05, 4.69) is 0 Å². The van der Waals surface area contributed by atoms with Gasteiger partial charge in [-0.25, -0.2) is 0 Å². The van der Waals surface area contributed by atoms with Crippen molar-refractivity contribution in [2.24, 2.45) is 5.41 Å². The van der Waals surface area contributed by atoms with E-state index in [0.29, 0.717) is 26.1 Å². The Kier molecular flexibility index (Phi) is 3.84. The zero-order valence-electron chi connectivity index (χ0n) is 13.0. The van der Waals surface area contributed by atoms with E-state index in [1.165, 1.54) is 0 Å². The highest BCUT2D eigenvalue weighted by Crippen LogP contribution is 2.28. The van der Waals surface area contributed by atoms with Gasteiger partial charge in [-0.3, -0.25) is 9.59 Å². The second-order valence-electron chi connectivity index (χ2n) is 7.41. The molecule has 0 radical (unpaired) electrons. The summed E-state index contributed by atoms with van der Waals surface area (Å²) in [6.07, 6.45) is 2.22. The first-order chi connectivity index (χ1) is 9.12. The Morgan fingerprint density at radius 1 is 1.25 bits per heavy atom. The molecule has 2 aliphatic heterocycles. The highest BCUT2D eigenvalue weighted by Gasteiger charge is 2.43. The number of rotatable bonds is 1. The lowest BCUT2D eigenvalue weighted by Crippen LogP contribution is -2.50. The number of β-amino-alcohol motifs (C(OH)–C–C–N with tert-alkyl or cyclic N) is 1. The van der Waals surface area contributed by atoms with Crippen LogP contribution in [0.25, 0.3) is 0 Å². The number of aliphatic hydroxyl groups is 1. The second-order valence-corrected chi connectivity index (χ2v) is 7.41. The van der Waals surface area contributed by atoms with Crippen molar-refractivity contribution in [1.29, 1.82) is 0 Å². The molecule has 2 saturated heterocycles. The normalized spacial score (nSPS) is 30.9. The molecule has 0 aromatic carbocycles. The fourth-order valence-corrected chi connectivity index (χ4v) is 3.04. The molecule has 0 aromatic rings. The highest BCUT2D eigenvalue weighted by molar-refractivity contribution is 5.90. The molecule has 2 aliphatic rings. The Bertz CT molecular complexity index is 412. The Morgan fingerprint density at radius 2 is 1.90 bits per heavy atom. The molecule has 2 amide bonds. The van der Waals surface area contributed by atoms with Crippen LogP contribution in [0.3, 0.4) is 0 Å².